The molecule has 5 amide bonds. The van der Waals surface area contributed by atoms with Crippen LogP contribution in [0.2, 0.25) is 10.0 Å². The number of carbonyl (C=O) groups excluding carboxylic acids is 4. The van der Waals surface area contributed by atoms with Crippen molar-refractivity contribution in [3.63, 3.8) is 0 Å². The number of rotatable bonds is 6. The standard InChI is InChI=1S/C26H17Br2Cl2N3O5/c1-13-18(29)6-4-8-21(13)33-25(36)16(24(35)32-26(33)37)10-14-9-15(27)11-17(28)23(14)38-12-22(34)31-20-7-3-2-5-19(20)30/h2-11H,12H2,1H3,(H,31,34)(H,32,35,37)/b16-10-. The van der Waals surface area contributed by atoms with Gasteiger partial charge in [0.05, 0.1) is 20.9 Å². The van der Waals surface area contributed by atoms with Gasteiger partial charge in [0.2, 0.25) is 0 Å². The Morgan fingerprint density at radius 2 is 1.76 bits per heavy atom. The van der Waals surface area contributed by atoms with E-state index in [1.165, 1.54) is 6.08 Å². The van der Waals surface area contributed by atoms with Crippen LogP contribution in [0.4, 0.5) is 16.2 Å². The molecule has 4 rings (SSSR count). The summed E-state index contributed by atoms with van der Waals surface area (Å²) in [6, 6.07) is 13.9. The van der Waals surface area contributed by atoms with Crippen LogP contribution in [0.1, 0.15) is 11.1 Å². The lowest BCUT2D eigenvalue weighted by molar-refractivity contribution is -0.122. The van der Waals surface area contributed by atoms with E-state index in [0.717, 1.165) is 4.90 Å². The molecular weight excluding hydrogens is 665 g/mol. The number of hydrogen-bond donors (Lipinski definition) is 2. The minimum Gasteiger partial charge on any atom is -0.482 e. The molecule has 0 saturated carbocycles. The number of ether oxygens (including phenoxy) is 1. The van der Waals surface area contributed by atoms with Crippen molar-refractivity contribution in [3.05, 3.63) is 90.3 Å². The summed E-state index contributed by atoms with van der Waals surface area (Å²) in [4.78, 5) is 52.1. The molecule has 1 aliphatic rings. The Bertz CT molecular complexity index is 1530. The molecule has 3 aromatic rings. The highest BCUT2D eigenvalue weighted by Gasteiger charge is 2.38. The van der Waals surface area contributed by atoms with Gasteiger partial charge in [-0.05, 0) is 70.9 Å². The van der Waals surface area contributed by atoms with E-state index in [9.17, 15) is 19.2 Å². The average Bonchev–Trinajstić information content (AvgIpc) is 2.85. The van der Waals surface area contributed by atoms with Crippen molar-refractivity contribution in [1.82, 2.24) is 5.32 Å². The second-order valence-electron chi connectivity index (χ2n) is 7.96. The molecule has 0 aliphatic carbocycles. The van der Waals surface area contributed by atoms with Crippen molar-refractivity contribution in [2.75, 3.05) is 16.8 Å². The van der Waals surface area contributed by atoms with E-state index in [2.05, 4.69) is 42.5 Å². The first-order valence-electron chi connectivity index (χ1n) is 10.9. The summed E-state index contributed by atoms with van der Waals surface area (Å²) >= 11 is 19.0. The molecule has 1 saturated heterocycles. The van der Waals surface area contributed by atoms with E-state index in [-0.39, 0.29) is 17.0 Å². The number of carbonyl (C=O) groups is 4. The second kappa shape index (κ2) is 11.7. The van der Waals surface area contributed by atoms with Gasteiger partial charge in [-0.2, -0.15) is 0 Å². The van der Waals surface area contributed by atoms with E-state index in [0.29, 0.717) is 35.8 Å². The minimum atomic E-state index is -0.898. The Labute approximate surface area is 244 Å². The van der Waals surface area contributed by atoms with E-state index in [4.69, 9.17) is 27.9 Å². The Hall–Kier alpha value is -3.18. The van der Waals surface area contributed by atoms with E-state index < -0.39 is 30.4 Å². The molecule has 0 bridgehead atoms. The summed E-state index contributed by atoms with van der Waals surface area (Å²) < 4.78 is 6.82. The van der Waals surface area contributed by atoms with Gasteiger partial charge in [-0.25, -0.2) is 9.69 Å². The highest BCUT2D eigenvalue weighted by Crippen LogP contribution is 2.36. The molecule has 1 heterocycles. The Kier molecular flexibility index (Phi) is 8.57. The SMILES string of the molecule is Cc1c(Cl)cccc1N1C(=O)NC(=O)/C(=C/c2cc(Br)cc(Br)c2OCC(=O)Nc2ccccc2Cl)C1=O. The van der Waals surface area contributed by atoms with Gasteiger partial charge in [0, 0.05) is 15.1 Å². The van der Waals surface area contributed by atoms with Gasteiger partial charge >= 0.3 is 6.03 Å². The van der Waals surface area contributed by atoms with Crippen molar-refractivity contribution < 1.29 is 23.9 Å². The van der Waals surface area contributed by atoms with Gasteiger partial charge in [0.25, 0.3) is 17.7 Å². The fourth-order valence-corrected chi connectivity index (χ4v) is 5.32. The zero-order valence-corrected chi connectivity index (χ0v) is 24.2. The third-order valence-corrected chi connectivity index (χ3v) is 7.20. The molecule has 8 nitrogen and oxygen atoms in total. The van der Waals surface area contributed by atoms with E-state index in [1.807, 2.05) is 0 Å². The van der Waals surface area contributed by atoms with Gasteiger partial charge in [-0.1, -0.05) is 57.3 Å². The van der Waals surface area contributed by atoms with Crippen molar-refractivity contribution in [3.8, 4) is 5.75 Å². The van der Waals surface area contributed by atoms with Gasteiger partial charge in [0.15, 0.2) is 6.61 Å². The molecule has 3 aromatic carbocycles. The number of amides is 5. The fraction of sp³-hybridized carbons (Fsp3) is 0.0769. The summed E-state index contributed by atoms with van der Waals surface area (Å²) in [5, 5.41) is 5.56. The topological polar surface area (TPSA) is 105 Å². The number of halogens is 4. The normalized spacial score (nSPS) is 14.5. The number of anilines is 2. The van der Waals surface area contributed by atoms with Crippen LogP contribution in [0.15, 0.2) is 69.1 Å². The first kappa shape index (κ1) is 27.8. The fourth-order valence-electron chi connectivity index (χ4n) is 3.60. The third-order valence-electron chi connectivity index (χ3n) is 5.41. The van der Waals surface area contributed by atoms with Crippen LogP contribution in [0.3, 0.4) is 0 Å². The summed E-state index contributed by atoms with van der Waals surface area (Å²) in [5.41, 5.74) is 1.13. The summed E-state index contributed by atoms with van der Waals surface area (Å²) in [5.74, 6) is -2.01. The number of para-hydroxylation sites is 1. The zero-order chi connectivity index (χ0) is 27.6. The zero-order valence-electron chi connectivity index (χ0n) is 19.5. The summed E-state index contributed by atoms with van der Waals surface area (Å²) in [6.07, 6.45) is 1.29. The van der Waals surface area contributed by atoms with Crippen molar-refractivity contribution in [1.29, 1.82) is 0 Å². The van der Waals surface area contributed by atoms with Crippen LogP contribution in [0, 0.1) is 6.92 Å². The predicted octanol–water partition coefficient (Wildman–Crippen LogP) is 6.51. The lowest BCUT2D eigenvalue weighted by Gasteiger charge is -2.28. The first-order chi connectivity index (χ1) is 18.1. The average molecular weight is 682 g/mol. The molecule has 0 atom stereocenters. The number of imide groups is 2. The monoisotopic (exact) mass is 679 g/mol. The molecule has 2 N–H and O–H groups in total. The maximum absolute atomic E-state index is 13.4. The molecule has 194 valence electrons. The highest BCUT2D eigenvalue weighted by atomic mass is 79.9. The number of barbiturate groups is 1. The maximum Gasteiger partial charge on any atom is 0.335 e. The molecule has 0 spiro atoms. The largest absolute Gasteiger partial charge is 0.482 e. The quantitative estimate of drug-likeness (QED) is 0.228. The van der Waals surface area contributed by atoms with Crippen LogP contribution in [0.25, 0.3) is 6.08 Å². The van der Waals surface area contributed by atoms with Gasteiger partial charge < -0.3 is 10.1 Å². The molecule has 1 fully saturated rings. The highest BCUT2D eigenvalue weighted by molar-refractivity contribution is 9.11. The molecule has 0 radical (unpaired) electrons. The molecule has 0 unspecified atom stereocenters. The lowest BCUT2D eigenvalue weighted by Crippen LogP contribution is -2.54. The number of benzene rings is 3. The van der Waals surface area contributed by atoms with Crippen LogP contribution in [-0.2, 0) is 14.4 Å². The van der Waals surface area contributed by atoms with Crippen LogP contribution in [0.5, 0.6) is 5.75 Å². The van der Waals surface area contributed by atoms with Crippen molar-refractivity contribution >= 4 is 96.3 Å². The smallest absolute Gasteiger partial charge is 0.335 e. The Morgan fingerprint density at radius 1 is 1.05 bits per heavy atom. The number of nitrogens with zero attached hydrogens (tertiary/aromatic N) is 1. The summed E-state index contributed by atoms with van der Waals surface area (Å²) in [6.45, 7) is 1.26. The molecule has 38 heavy (non-hydrogen) atoms. The van der Waals surface area contributed by atoms with E-state index >= 15 is 0 Å². The van der Waals surface area contributed by atoms with Gasteiger partial charge in [-0.3, -0.25) is 19.7 Å². The summed E-state index contributed by atoms with van der Waals surface area (Å²) in [7, 11) is 0. The first-order valence-corrected chi connectivity index (χ1v) is 13.2. The van der Waals surface area contributed by atoms with Crippen LogP contribution in [-0.4, -0.2) is 30.4 Å². The van der Waals surface area contributed by atoms with E-state index in [1.54, 1.807) is 61.5 Å². The molecule has 1 aliphatic heterocycles. The predicted molar refractivity (Wildman–Crippen MR) is 153 cm³/mol. The van der Waals surface area contributed by atoms with Gasteiger partial charge in [0.1, 0.15) is 11.3 Å². The maximum atomic E-state index is 13.4. The lowest BCUT2D eigenvalue weighted by atomic mass is 10.0. The van der Waals surface area contributed by atoms with Crippen molar-refractivity contribution in [2.24, 2.45) is 0 Å². The second-order valence-corrected chi connectivity index (χ2v) is 10.5. The van der Waals surface area contributed by atoms with Crippen LogP contribution < -0.4 is 20.3 Å². The minimum absolute atomic E-state index is 0.193. The number of urea groups is 1. The molecule has 0 aromatic heterocycles. The van der Waals surface area contributed by atoms with Crippen molar-refractivity contribution in [2.45, 2.75) is 6.92 Å². The molecular formula is C26H17Br2Cl2N3O5. The Morgan fingerprint density at radius 3 is 2.50 bits per heavy atom. The Balaban J connectivity index is 1.66. The number of hydrogen-bond acceptors (Lipinski definition) is 5. The number of nitrogens with one attached hydrogen (secondary N) is 2. The van der Waals surface area contributed by atoms with Gasteiger partial charge in [-0.15, -0.1) is 0 Å². The third kappa shape index (κ3) is 5.94. The molecule has 12 heteroatoms. The van der Waals surface area contributed by atoms with Crippen LogP contribution >= 0.6 is 55.1 Å².